The molecule has 0 spiro atoms. The highest BCUT2D eigenvalue weighted by Gasteiger charge is 2.81. The largest absolute Gasteiger partial charge is 0.390 e. The molecular formula is C21H26O4. The lowest BCUT2D eigenvalue weighted by molar-refractivity contribution is -0.154. The van der Waals surface area contributed by atoms with Crippen molar-refractivity contribution in [3.8, 4) is 0 Å². The molecular weight excluding hydrogens is 316 g/mol. The van der Waals surface area contributed by atoms with Crippen molar-refractivity contribution in [3.05, 3.63) is 23.8 Å². The Balaban J connectivity index is 1.60. The zero-order valence-electron chi connectivity index (χ0n) is 15.1. The fourth-order valence-corrected chi connectivity index (χ4v) is 6.94. The van der Waals surface area contributed by atoms with E-state index in [1.807, 2.05) is 6.92 Å². The quantitative estimate of drug-likeness (QED) is 0.744. The summed E-state index contributed by atoms with van der Waals surface area (Å²) < 4.78 is 5.92. The average molecular weight is 342 g/mol. The van der Waals surface area contributed by atoms with Gasteiger partial charge >= 0.3 is 0 Å². The van der Waals surface area contributed by atoms with E-state index < -0.39 is 17.1 Å². The molecule has 1 N–H and O–H groups in total. The highest BCUT2D eigenvalue weighted by Crippen LogP contribution is 2.72. The van der Waals surface area contributed by atoms with Crippen LogP contribution in [0.4, 0.5) is 0 Å². The Morgan fingerprint density at radius 3 is 2.76 bits per heavy atom. The summed E-state index contributed by atoms with van der Waals surface area (Å²) in [6, 6.07) is 0. The van der Waals surface area contributed by atoms with Gasteiger partial charge in [0.05, 0.1) is 17.6 Å². The van der Waals surface area contributed by atoms with Gasteiger partial charge in [-0.1, -0.05) is 19.1 Å². The molecule has 5 aliphatic rings. The van der Waals surface area contributed by atoms with E-state index in [9.17, 15) is 14.7 Å². The number of rotatable bonds is 1. The Labute approximate surface area is 148 Å². The first-order chi connectivity index (χ1) is 11.7. The van der Waals surface area contributed by atoms with Crippen LogP contribution in [0.25, 0.3) is 0 Å². The highest BCUT2D eigenvalue weighted by molar-refractivity contribution is 5.93. The fraction of sp³-hybridized carbons (Fsp3) is 0.714. The number of fused-ring (bicyclic) bond motifs is 7. The number of Topliss-reactive ketones (excluding diaryl/α,β-unsaturated/α-hetero) is 1. The smallest absolute Gasteiger partial charge is 0.156 e. The van der Waals surface area contributed by atoms with Crippen LogP contribution in [0.15, 0.2) is 23.8 Å². The Morgan fingerprint density at radius 2 is 2.04 bits per heavy atom. The second-order valence-electron chi connectivity index (χ2n) is 9.27. The number of carbonyl (C=O) groups excluding carboxylic acids is 2. The molecule has 4 heteroatoms. The van der Waals surface area contributed by atoms with Crippen LogP contribution in [0.1, 0.15) is 46.5 Å². The summed E-state index contributed by atoms with van der Waals surface area (Å²) in [5.74, 6) is 1.24. The molecule has 0 aromatic heterocycles. The number of aliphatic hydroxyl groups excluding tert-OH is 1. The molecule has 4 aliphatic carbocycles. The second-order valence-corrected chi connectivity index (χ2v) is 9.27. The van der Waals surface area contributed by atoms with Crippen molar-refractivity contribution in [3.63, 3.8) is 0 Å². The van der Waals surface area contributed by atoms with Crippen molar-refractivity contribution in [1.29, 1.82) is 0 Å². The number of aliphatic hydroxyl groups is 1. The Bertz CT molecular complexity index is 749. The summed E-state index contributed by atoms with van der Waals surface area (Å²) >= 11 is 0. The van der Waals surface area contributed by atoms with Gasteiger partial charge < -0.3 is 9.84 Å². The zero-order chi connectivity index (χ0) is 17.8. The van der Waals surface area contributed by atoms with E-state index in [2.05, 4.69) is 19.1 Å². The number of epoxide rings is 1. The molecule has 134 valence electrons. The van der Waals surface area contributed by atoms with Gasteiger partial charge in [0.15, 0.2) is 5.78 Å². The molecule has 0 aromatic carbocycles. The molecule has 25 heavy (non-hydrogen) atoms. The fourth-order valence-electron chi connectivity index (χ4n) is 6.94. The maximum absolute atomic E-state index is 13.4. The van der Waals surface area contributed by atoms with E-state index in [4.69, 9.17) is 4.74 Å². The van der Waals surface area contributed by atoms with Crippen LogP contribution in [-0.4, -0.2) is 34.5 Å². The van der Waals surface area contributed by atoms with Crippen molar-refractivity contribution < 1.29 is 19.4 Å². The Morgan fingerprint density at radius 1 is 1.28 bits per heavy atom. The van der Waals surface area contributed by atoms with Crippen LogP contribution < -0.4 is 0 Å². The molecule has 1 heterocycles. The van der Waals surface area contributed by atoms with Crippen LogP contribution in [0.3, 0.4) is 0 Å². The second kappa shape index (κ2) is 4.52. The number of allylic oxidation sites excluding steroid dienone is 4. The van der Waals surface area contributed by atoms with Gasteiger partial charge in [-0.25, -0.2) is 0 Å². The molecule has 4 nitrogen and oxygen atoms in total. The van der Waals surface area contributed by atoms with Gasteiger partial charge in [-0.3, -0.25) is 9.59 Å². The van der Waals surface area contributed by atoms with Crippen LogP contribution in [0.5, 0.6) is 0 Å². The van der Waals surface area contributed by atoms with Crippen molar-refractivity contribution in [1.82, 2.24) is 0 Å². The Hall–Kier alpha value is -1.26. The molecule has 3 fully saturated rings. The van der Waals surface area contributed by atoms with Gasteiger partial charge in [-0.15, -0.1) is 0 Å². The molecule has 1 aliphatic heterocycles. The van der Waals surface area contributed by atoms with Crippen LogP contribution in [-0.2, 0) is 14.3 Å². The summed E-state index contributed by atoms with van der Waals surface area (Å²) in [5.41, 5.74) is -0.256. The third kappa shape index (κ3) is 1.62. The van der Waals surface area contributed by atoms with E-state index in [1.165, 1.54) is 0 Å². The molecule has 0 aromatic rings. The summed E-state index contributed by atoms with van der Waals surface area (Å²) in [4.78, 5) is 25.2. The summed E-state index contributed by atoms with van der Waals surface area (Å²) in [6.07, 6.45) is 8.34. The normalized spacial score (nSPS) is 54.2. The number of hydrogen-bond acceptors (Lipinski definition) is 4. The lowest BCUT2D eigenvalue weighted by Crippen LogP contribution is -2.58. The summed E-state index contributed by atoms with van der Waals surface area (Å²) in [7, 11) is 0. The Kier molecular flexibility index (Phi) is 2.89. The zero-order valence-corrected chi connectivity index (χ0v) is 15.1. The van der Waals surface area contributed by atoms with E-state index >= 15 is 0 Å². The third-order valence-corrected chi connectivity index (χ3v) is 8.50. The van der Waals surface area contributed by atoms with Gasteiger partial charge in [0.25, 0.3) is 0 Å². The molecule has 2 saturated carbocycles. The number of carbonyl (C=O) groups is 2. The van der Waals surface area contributed by atoms with E-state index in [0.717, 1.165) is 18.4 Å². The van der Waals surface area contributed by atoms with Crippen molar-refractivity contribution in [2.75, 3.05) is 0 Å². The third-order valence-electron chi connectivity index (χ3n) is 8.50. The number of ether oxygens (including phenoxy) is 1. The first-order valence-electron chi connectivity index (χ1n) is 9.57. The topological polar surface area (TPSA) is 66.9 Å². The molecule has 0 bridgehead atoms. The van der Waals surface area contributed by atoms with E-state index in [0.29, 0.717) is 18.8 Å². The number of hydrogen-bond donors (Lipinski definition) is 1. The first kappa shape index (κ1) is 16.0. The standard InChI is InChI=1S/C21H26O4/c1-11(22)21-18(25-21)10-16-14-5-4-12-8-13(23)6-7-19(12,2)15(14)9-17(24)20(16,21)3/h4-5,8,11,14-16,18,22H,6-7,9-10H2,1-3H3/t11-,14+,15-,16-,18-,19-,20+,21-/m0/s1. The molecule has 8 atom stereocenters. The molecule has 0 unspecified atom stereocenters. The average Bonchev–Trinajstić information content (AvgIpc) is 3.23. The summed E-state index contributed by atoms with van der Waals surface area (Å²) in [5, 5.41) is 10.4. The molecule has 0 radical (unpaired) electrons. The van der Waals surface area contributed by atoms with Crippen molar-refractivity contribution >= 4 is 11.6 Å². The van der Waals surface area contributed by atoms with Crippen molar-refractivity contribution in [2.45, 2.75) is 64.3 Å². The van der Waals surface area contributed by atoms with Crippen molar-refractivity contribution in [2.24, 2.45) is 28.6 Å². The predicted molar refractivity (Wildman–Crippen MR) is 91.7 cm³/mol. The lowest BCUT2D eigenvalue weighted by atomic mass is 9.47. The van der Waals surface area contributed by atoms with Crippen LogP contribution in [0, 0.1) is 28.6 Å². The van der Waals surface area contributed by atoms with Gasteiger partial charge in [0.2, 0.25) is 0 Å². The minimum atomic E-state index is -0.674. The molecule has 1 saturated heterocycles. The maximum Gasteiger partial charge on any atom is 0.156 e. The summed E-state index contributed by atoms with van der Waals surface area (Å²) in [6.45, 7) is 6.03. The molecule has 5 rings (SSSR count). The van der Waals surface area contributed by atoms with E-state index in [1.54, 1.807) is 13.0 Å². The minimum absolute atomic E-state index is 0.0104. The van der Waals surface area contributed by atoms with Gasteiger partial charge in [-0.05, 0) is 61.5 Å². The van der Waals surface area contributed by atoms with Gasteiger partial charge in [-0.2, -0.15) is 0 Å². The first-order valence-corrected chi connectivity index (χ1v) is 9.57. The minimum Gasteiger partial charge on any atom is -0.390 e. The van der Waals surface area contributed by atoms with Gasteiger partial charge in [0, 0.05) is 12.8 Å². The van der Waals surface area contributed by atoms with Gasteiger partial charge in [0.1, 0.15) is 11.4 Å². The van der Waals surface area contributed by atoms with Crippen LogP contribution >= 0.6 is 0 Å². The predicted octanol–water partition coefficient (Wildman–Crippen LogP) is 2.60. The highest BCUT2D eigenvalue weighted by atomic mass is 16.6. The maximum atomic E-state index is 13.4. The SMILES string of the molecule is C[C@H](O)[C@]12O[C@H]1C[C@H]1[C@@H]3C=CC4=CC(=O)CC[C@]4(C)[C@H]3CC(=O)[C@@]12C. The monoisotopic (exact) mass is 342 g/mol. The van der Waals surface area contributed by atoms with E-state index in [-0.39, 0.29) is 34.9 Å². The molecule has 0 amide bonds. The van der Waals surface area contributed by atoms with Crippen LogP contribution in [0.2, 0.25) is 0 Å². The lowest BCUT2D eigenvalue weighted by Gasteiger charge is -2.55. The number of ketones is 2.